The molecule has 0 saturated carbocycles. The van der Waals surface area contributed by atoms with Gasteiger partial charge in [0.05, 0.1) is 18.2 Å². The van der Waals surface area contributed by atoms with Crippen molar-refractivity contribution >= 4 is 23.6 Å². The summed E-state index contributed by atoms with van der Waals surface area (Å²) in [6.07, 6.45) is 0.863. The van der Waals surface area contributed by atoms with Crippen molar-refractivity contribution in [1.29, 1.82) is 0 Å². The van der Waals surface area contributed by atoms with Gasteiger partial charge in [-0.2, -0.15) is 0 Å². The van der Waals surface area contributed by atoms with Crippen molar-refractivity contribution in [3.63, 3.8) is 0 Å². The quantitative estimate of drug-likeness (QED) is 0.560. The number of nitrogens with zero attached hydrogens (tertiary/aromatic N) is 2. The summed E-state index contributed by atoms with van der Waals surface area (Å²) in [6, 6.07) is 13.4. The summed E-state index contributed by atoms with van der Waals surface area (Å²) >= 11 is 0. The van der Waals surface area contributed by atoms with Crippen LogP contribution in [0, 0.1) is 0 Å². The third-order valence-electron chi connectivity index (χ3n) is 5.77. The van der Waals surface area contributed by atoms with Crippen LogP contribution in [0.2, 0.25) is 0 Å². The standard InChI is InChI=1S/C25H29N3O5/c1-4-21(23(30)26-2)28(16-17-9-7-10-18(15-17)33-3)22(29)13-8-14-27-24(31)19-11-5-6-12-20(19)25(27)32/h5-7,9-12,15,21H,4,8,13-14,16H2,1-3H3,(H,26,30)/t21-/m1/s1. The molecular weight excluding hydrogens is 422 g/mol. The number of carbonyl (C=O) groups excluding carboxylic acids is 4. The van der Waals surface area contributed by atoms with Gasteiger partial charge in [0.2, 0.25) is 11.8 Å². The highest BCUT2D eigenvalue weighted by Crippen LogP contribution is 2.23. The van der Waals surface area contributed by atoms with E-state index in [0.717, 1.165) is 5.56 Å². The average molecular weight is 452 g/mol. The van der Waals surface area contributed by atoms with Crippen LogP contribution in [-0.2, 0) is 16.1 Å². The Bertz CT molecular complexity index is 1020. The number of carbonyl (C=O) groups is 4. The zero-order chi connectivity index (χ0) is 24.0. The largest absolute Gasteiger partial charge is 0.497 e. The van der Waals surface area contributed by atoms with Crippen molar-refractivity contribution < 1.29 is 23.9 Å². The summed E-state index contributed by atoms with van der Waals surface area (Å²) in [7, 11) is 3.11. The van der Waals surface area contributed by atoms with Crippen LogP contribution >= 0.6 is 0 Å². The van der Waals surface area contributed by atoms with Crippen molar-refractivity contribution in [2.75, 3.05) is 20.7 Å². The van der Waals surface area contributed by atoms with E-state index in [4.69, 9.17) is 4.74 Å². The molecule has 1 aliphatic heterocycles. The number of hydrogen-bond donors (Lipinski definition) is 1. The van der Waals surface area contributed by atoms with Gasteiger partial charge in [-0.15, -0.1) is 0 Å². The average Bonchev–Trinajstić information content (AvgIpc) is 3.08. The first-order valence-electron chi connectivity index (χ1n) is 11.0. The van der Waals surface area contributed by atoms with Crippen molar-refractivity contribution in [3.8, 4) is 5.75 Å². The molecule has 1 heterocycles. The summed E-state index contributed by atoms with van der Waals surface area (Å²) in [4.78, 5) is 53.5. The zero-order valence-corrected chi connectivity index (χ0v) is 19.2. The van der Waals surface area contributed by atoms with E-state index in [9.17, 15) is 19.2 Å². The van der Waals surface area contributed by atoms with Gasteiger partial charge in [-0.1, -0.05) is 31.2 Å². The number of amides is 4. The molecule has 2 aromatic carbocycles. The minimum Gasteiger partial charge on any atom is -0.497 e. The fraction of sp³-hybridized carbons (Fsp3) is 0.360. The number of benzene rings is 2. The lowest BCUT2D eigenvalue weighted by Crippen LogP contribution is -2.48. The Morgan fingerprint density at radius 1 is 1.06 bits per heavy atom. The monoisotopic (exact) mass is 451 g/mol. The second-order valence-electron chi connectivity index (χ2n) is 7.82. The molecule has 1 N–H and O–H groups in total. The highest BCUT2D eigenvalue weighted by Gasteiger charge is 2.35. The van der Waals surface area contributed by atoms with E-state index in [-0.39, 0.29) is 43.1 Å². The van der Waals surface area contributed by atoms with Gasteiger partial charge in [0, 0.05) is 26.6 Å². The Kier molecular flexibility index (Phi) is 7.82. The molecule has 2 aromatic rings. The Morgan fingerprint density at radius 3 is 2.30 bits per heavy atom. The lowest BCUT2D eigenvalue weighted by Gasteiger charge is -2.30. The maximum atomic E-state index is 13.2. The van der Waals surface area contributed by atoms with Gasteiger partial charge in [-0.05, 0) is 42.7 Å². The fourth-order valence-corrected chi connectivity index (χ4v) is 4.03. The molecule has 0 spiro atoms. The first-order valence-corrected chi connectivity index (χ1v) is 11.0. The van der Waals surface area contributed by atoms with E-state index in [0.29, 0.717) is 29.7 Å². The van der Waals surface area contributed by atoms with E-state index < -0.39 is 6.04 Å². The molecule has 0 unspecified atom stereocenters. The van der Waals surface area contributed by atoms with Crippen LogP contribution in [0.5, 0.6) is 5.75 Å². The molecule has 1 atom stereocenters. The summed E-state index contributed by atoms with van der Waals surface area (Å²) in [6.45, 7) is 2.24. The number of hydrogen-bond acceptors (Lipinski definition) is 5. The minimum absolute atomic E-state index is 0.102. The number of rotatable bonds is 10. The molecule has 0 aromatic heterocycles. The van der Waals surface area contributed by atoms with Gasteiger partial charge in [0.15, 0.2) is 0 Å². The normalized spacial score (nSPS) is 13.5. The Labute approximate surface area is 193 Å². The second-order valence-corrected chi connectivity index (χ2v) is 7.82. The van der Waals surface area contributed by atoms with Gasteiger partial charge in [0.25, 0.3) is 11.8 Å². The summed E-state index contributed by atoms with van der Waals surface area (Å²) in [5.74, 6) is -0.473. The van der Waals surface area contributed by atoms with Crippen molar-refractivity contribution in [2.24, 2.45) is 0 Å². The fourth-order valence-electron chi connectivity index (χ4n) is 4.03. The third-order valence-corrected chi connectivity index (χ3v) is 5.77. The maximum Gasteiger partial charge on any atom is 0.261 e. The molecule has 1 aliphatic rings. The molecule has 174 valence electrons. The molecule has 8 nitrogen and oxygen atoms in total. The van der Waals surface area contributed by atoms with Gasteiger partial charge in [-0.3, -0.25) is 24.1 Å². The lowest BCUT2D eigenvalue weighted by molar-refractivity contribution is -0.141. The molecule has 4 amide bonds. The smallest absolute Gasteiger partial charge is 0.261 e. The predicted molar refractivity (Wildman–Crippen MR) is 123 cm³/mol. The van der Waals surface area contributed by atoms with Crippen LogP contribution < -0.4 is 10.1 Å². The molecule has 0 saturated heterocycles. The Morgan fingerprint density at radius 2 is 1.73 bits per heavy atom. The first-order chi connectivity index (χ1) is 15.9. The van der Waals surface area contributed by atoms with Crippen molar-refractivity contribution in [2.45, 2.75) is 38.8 Å². The number of methoxy groups -OCH3 is 1. The minimum atomic E-state index is -0.631. The second kappa shape index (κ2) is 10.8. The van der Waals surface area contributed by atoms with E-state index in [1.165, 1.54) is 4.90 Å². The van der Waals surface area contributed by atoms with Crippen molar-refractivity contribution in [3.05, 3.63) is 65.2 Å². The van der Waals surface area contributed by atoms with Crippen LogP contribution in [0.4, 0.5) is 0 Å². The molecule has 0 bridgehead atoms. The molecule has 0 aliphatic carbocycles. The predicted octanol–water partition coefficient (Wildman–Crippen LogP) is 2.62. The van der Waals surface area contributed by atoms with Crippen LogP contribution in [0.25, 0.3) is 0 Å². The summed E-state index contributed by atoms with van der Waals surface area (Å²) in [5.41, 5.74) is 1.61. The molecule has 3 rings (SSSR count). The van der Waals surface area contributed by atoms with E-state index in [1.54, 1.807) is 43.3 Å². The van der Waals surface area contributed by atoms with E-state index >= 15 is 0 Å². The Hall–Kier alpha value is -3.68. The van der Waals surface area contributed by atoms with Crippen LogP contribution in [0.1, 0.15) is 52.5 Å². The van der Waals surface area contributed by atoms with E-state index in [2.05, 4.69) is 5.32 Å². The molecule has 0 radical (unpaired) electrons. The number of ether oxygens (including phenoxy) is 1. The van der Waals surface area contributed by atoms with Gasteiger partial charge in [0.1, 0.15) is 11.8 Å². The molecule has 8 heteroatoms. The van der Waals surface area contributed by atoms with Crippen molar-refractivity contribution in [1.82, 2.24) is 15.1 Å². The molecular formula is C25H29N3O5. The van der Waals surface area contributed by atoms with Crippen LogP contribution in [-0.4, -0.2) is 60.2 Å². The summed E-state index contributed by atoms with van der Waals surface area (Å²) in [5, 5.41) is 2.63. The maximum absolute atomic E-state index is 13.2. The summed E-state index contributed by atoms with van der Waals surface area (Å²) < 4.78 is 5.27. The first kappa shape index (κ1) is 24.0. The third kappa shape index (κ3) is 5.22. The van der Waals surface area contributed by atoms with E-state index in [1.807, 2.05) is 31.2 Å². The SMILES string of the molecule is CC[C@H](C(=O)NC)N(Cc1cccc(OC)c1)C(=O)CCCN1C(=O)c2ccccc2C1=O. The van der Waals surface area contributed by atoms with Gasteiger partial charge in [-0.25, -0.2) is 0 Å². The Balaban J connectivity index is 1.70. The molecule has 0 fully saturated rings. The van der Waals surface area contributed by atoms with Gasteiger partial charge < -0.3 is 15.0 Å². The molecule has 33 heavy (non-hydrogen) atoms. The topological polar surface area (TPSA) is 96.0 Å². The van der Waals surface area contributed by atoms with Crippen LogP contribution in [0.3, 0.4) is 0 Å². The number of likely N-dealkylation sites (N-methyl/N-ethyl adjacent to an activating group) is 1. The number of nitrogens with one attached hydrogen (secondary N) is 1. The highest BCUT2D eigenvalue weighted by molar-refractivity contribution is 6.21. The van der Waals surface area contributed by atoms with Gasteiger partial charge >= 0.3 is 0 Å². The number of fused-ring (bicyclic) bond motifs is 1. The highest BCUT2D eigenvalue weighted by atomic mass is 16.5. The lowest BCUT2D eigenvalue weighted by atomic mass is 10.1. The number of imide groups is 1. The zero-order valence-electron chi connectivity index (χ0n) is 19.2. The van der Waals surface area contributed by atoms with Crippen LogP contribution in [0.15, 0.2) is 48.5 Å².